The Bertz CT molecular complexity index is 1070. The molecule has 0 unspecified atom stereocenters. The summed E-state index contributed by atoms with van der Waals surface area (Å²) in [5.41, 5.74) is 2.09. The van der Waals surface area contributed by atoms with E-state index < -0.39 is 0 Å². The van der Waals surface area contributed by atoms with Crippen molar-refractivity contribution in [3.8, 4) is 23.0 Å². The summed E-state index contributed by atoms with van der Waals surface area (Å²) >= 11 is 0. The average Bonchev–Trinajstić information content (AvgIpc) is 2.58. The third kappa shape index (κ3) is 2.36. The molecule has 24 heavy (non-hydrogen) atoms. The minimum atomic E-state index is -0.193. The molecular weight excluding hydrogens is 306 g/mol. The van der Waals surface area contributed by atoms with Crippen LogP contribution in [0.15, 0.2) is 63.8 Å². The van der Waals surface area contributed by atoms with Gasteiger partial charge in [0.15, 0.2) is 22.5 Å². The summed E-state index contributed by atoms with van der Waals surface area (Å²) in [7, 11) is 0. The number of nitrogens with zero attached hydrogens (tertiary/aromatic N) is 1. The van der Waals surface area contributed by atoms with Gasteiger partial charge in [-0.05, 0) is 17.7 Å². The van der Waals surface area contributed by atoms with Crippen LogP contribution in [0.3, 0.4) is 0 Å². The second-order valence-corrected chi connectivity index (χ2v) is 5.58. The van der Waals surface area contributed by atoms with Gasteiger partial charge in [0.1, 0.15) is 17.0 Å². The van der Waals surface area contributed by atoms with E-state index in [1.54, 1.807) is 6.07 Å². The highest BCUT2D eigenvalue weighted by molar-refractivity contribution is 5.85. The second-order valence-electron chi connectivity index (χ2n) is 5.58. The van der Waals surface area contributed by atoms with Gasteiger partial charge in [-0.3, -0.25) is 4.79 Å². The number of aromatic nitrogens is 1. The number of hydrogen-bond donors (Lipinski definition) is 2. The first kappa shape index (κ1) is 14.3. The zero-order chi connectivity index (χ0) is 16.7. The van der Waals surface area contributed by atoms with Crippen LogP contribution in [0.1, 0.15) is 11.1 Å². The van der Waals surface area contributed by atoms with E-state index >= 15 is 0 Å². The van der Waals surface area contributed by atoms with Gasteiger partial charge in [0.05, 0.1) is 0 Å². The van der Waals surface area contributed by atoms with Gasteiger partial charge in [0, 0.05) is 24.1 Å². The molecule has 0 saturated heterocycles. The van der Waals surface area contributed by atoms with Crippen molar-refractivity contribution >= 4 is 11.1 Å². The molecule has 1 aliphatic heterocycles. The molecule has 5 nitrogen and oxygen atoms in total. The summed E-state index contributed by atoms with van der Waals surface area (Å²) in [5, 5.41) is 20.8. The molecule has 0 aromatic heterocycles. The quantitative estimate of drug-likeness (QED) is 0.554. The minimum absolute atomic E-state index is 0.0768. The summed E-state index contributed by atoms with van der Waals surface area (Å²) in [5.74, 6) is 0.113. The Balaban J connectivity index is 1.93. The number of phenols is 2. The smallest absolute Gasteiger partial charge is 0.182 e. The van der Waals surface area contributed by atoms with Gasteiger partial charge in [-0.2, -0.15) is 0 Å². The molecule has 1 heterocycles. The lowest BCUT2D eigenvalue weighted by molar-refractivity contribution is 0.441. The van der Waals surface area contributed by atoms with Crippen LogP contribution in [0.5, 0.6) is 11.5 Å². The highest BCUT2D eigenvalue weighted by atomic mass is 16.3. The number of rotatable bonds is 2. The van der Waals surface area contributed by atoms with Crippen molar-refractivity contribution in [2.45, 2.75) is 6.42 Å². The average molecular weight is 319 g/mol. The highest BCUT2D eigenvalue weighted by Crippen LogP contribution is 2.38. The fourth-order valence-electron chi connectivity index (χ4n) is 2.73. The lowest BCUT2D eigenvalue weighted by atomic mass is 10.0. The van der Waals surface area contributed by atoms with Gasteiger partial charge in [0.2, 0.25) is 0 Å². The molecule has 0 saturated carbocycles. The van der Waals surface area contributed by atoms with Crippen molar-refractivity contribution in [3.63, 3.8) is 0 Å². The predicted octanol–water partition coefficient (Wildman–Crippen LogP) is 3.29. The second kappa shape index (κ2) is 5.38. The lowest BCUT2D eigenvalue weighted by Crippen LogP contribution is -2.00. The molecule has 2 N–H and O–H groups in total. The maximum Gasteiger partial charge on any atom is 0.182 e. The van der Waals surface area contributed by atoms with Gasteiger partial charge in [0.25, 0.3) is 0 Å². The van der Waals surface area contributed by atoms with E-state index in [1.165, 1.54) is 18.2 Å². The summed E-state index contributed by atoms with van der Waals surface area (Å²) in [6, 6.07) is 15.2. The SMILES string of the molecule is O=c1ccc2nc3c(O)c(Cc4ccccc4)c(O)cc3oc-2c1. The van der Waals surface area contributed by atoms with E-state index in [2.05, 4.69) is 4.98 Å². The first-order valence-corrected chi connectivity index (χ1v) is 7.44. The number of benzene rings is 3. The van der Waals surface area contributed by atoms with Crippen LogP contribution >= 0.6 is 0 Å². The Labute approximate surface area is 136 Å². The molecule has 5 heteroatoms. The zero-order valence-corrected chi connectivity index (χ0v) is 12.6. The standard InChI is InChI=1S/C19H13NO4/c21-12-6-7-14-16(9-12)24-17-10-15(22)13(19(23)18(17)20-14)8-11-4-2-1-3-5-11/h1-7,9-10,22-23H,8H2. The molecule has 118 valence electrons. The maximum atomic E-state index is 11.4. The monoisotopic (exact) mass is 319 g/mol. The largest absolute Gasteiger partial charge is 0.507 e. The Morgan fingerprint density at radius 1 is 1.00 bits per heavy atom. The molecule has 0 spiro atoms. The zero-order valence-electron chi connectivity index (χ0n) is 12.6. The van der Waals surface area contributed by atoms with Crippen molar-refractivity contribution in [1.29, 1.82) is 0 Å². The molecule has 0 bridgehead atoms. The number of phenolic OH excluding ortho intramolecular Hbond substituents is 2. The number of hydrogen-bond acceptors (Lipinski definition) is 5. The fraction of sp³-hybridized carbons (Fsp3) is 0.0526. The van der Waals surface area contributed by atoms with Gasteiger partial charge in [-0.15, -0.1) is 0 Å². The first-order chi connectivity index (χ1) is 11.6. The molecule has 0 radical (unpaired) electrons. The number of fused-ring (bicyclic) bond motifs is 2. The van der Waals surface area contributed by atoms with Gasteiger partial charge >= 0.3 is 0 Å². The normalized spacial score (nSPS) is 11.2. The van der Waals surface area contributed by atoms with E-state index in [4.69, 9.17) is 4.42 Å². The third-order valence-corrected chi connectivity index (χ3v) is 3.93. The highest BCUT2D eigenvalue weighted by Gasteiger charge is 2.18. The van der Waals surface area contributed by atoms with Gasteiger partial charge in [-0.25, -0.2) is 4.98 Å². The summed E-state index contributed by atoms with van der Waals surface area (Å²) in [6.07, 6.45) is 0.369. The van der Waals surface area contributed by atoms with Gasteiger partial charge < -0.3 is 14.6 Å². The summed E-state index contributed by atoms with van der Waals surface area (Å²) < 4.78 is 5.61. The Morgan fingerprint density at radius 3 is 2.58 bits per heavy atom. The third-order valence-electron chi connectivity index (χ3n) is 3.93. The van der Waals surface area contributed by atoms with Crippen molar-refractivity contribution in [2.24, 2.45) is 0 Å². The fourth-order valence-corrected chi connectivity index (χ4v) is 2.73. The van der Waals surface area contributed by atoms with E-state index in [-0.39, 0.29) is 28.0 Å². The Hall–Kier alpha value is -3.34. The molecule has 2 aliphatic rings. The molecule has 2 aromatic rings. The Morgan fingerprint density at radius 2 is 1.79 bits per heavy atom. The summed E-state index contributed by atoms with van der Waals surface area (Å²) in [4.78, 5) is 15.8. The van der Waals surface area contributed by atoms with E-state index in [0.29, 0.717) is 23.4 Å². The van der Waals surface area contributed by atoms with E-state index in [1.807, 2.05) is 30.3 Å². The van der Waals surface area contributed by atoms with Gasteiger partial charge in [-0.1, -0.05) is 30.3 Å². The minimum Gasteiger partial charge on any atom is -0.507 e. The molecule has 0 amide bonds. The molecule has 1 aliphatic carbocycles. The van der Waals surface area contributed by atoms with E-state index in [0.717, 1.165) is 5.56 Å². The lowest BCUT2D eigenvalue weighted by Gasteiger charge is -2.12. The predicted molar refractivity (Wildman–Crippen MR) is 89.5 cm³/mol. The van der Waals surface area contributed by atoms with Crippen LogP contribution in [0.2, 0.25) is 0 Å². The topological polar surface area (TPSA) is 83.6 Å². The molecule has 0 atom stereocenters. The Kier molecular flexibility index (Phi) is 3.20. The first-order valence-electron chi connectivity index (χ1n) is 7.44. The number of aromatic hydroxyl groups is 2. The molecule has 4 rings (SSSR count). The van der Waals surface area contributed by atoms with Crippen LogP contribution in [0.4, 0.5) is 0 Å². The molecule has 2 aromatic carbocycles. The van der Waals surface area contributed by atoms with Crippen molar-refractivity contribution in [1.82, 2.24) is 4.98 Å². The van der Waals surface area contributed by atoms with Crippen molar-refractivity contribution in [3.05, 3.63) is 75.9 Å². The van der Waals surface area contributed by atoms with E-state index in [9.17, 15) is 15.0 Å². The van der Waals surface area contributed by atoms with Crippen molar-refractivity contribution in [2.75, 3.05) is 0 Å². The maximum absolute atomic E-state index is 11.4. The van der Waals surface area contributed by atoms with Crippen LogP contribution in [0, 0.1) is 0 Å². The van der Waals surface area contributed by atoms with Crippen LogP contribution in [0.25, 0.3) is 22.6 Å². The summed E-state index contributed by atoms with van der Waals surface area (Å²) in [6.45, 7) is 0. The molecular formula is C19H13NO4. The van der Waals surface area contributed by atoms with Crippen LogP contribution in [-0.2, 0) is 6.42 Å². The van der Waals surface area contributed by atoms with Crippen LogP contribution < -0.4 is 5.43 Å². The van der Waals surface area contributed by atoms with Crippen LogP contribution in [-0.4, -0.2) is 15.2 Å². The van der Waals surface area contributed by atoms with Crippen molar-refractivity contribution < 1.29 is 14.6 Å². The molecule has 0 fully saturated rings.